The van der Waals surface area contributed by atoms with E-state index in [0.29, 0.717) is 6.10 Å². The van der Waals surface area contributed by atoms with Gasteiger partial charge in [-0.2, -0.15) is 0 Å². The molecule has 1 aromatic rings. The Labute approximate surface area is 131 Å². The van der Waals surface area contributed by atoms with Gasteiger partial charge in [0.2, 0.25) is 0 Å². The van der Waals surface area contributed by atoms with Crippen LogP contribution in [0, 0.1) is 0 Å². The van der Waals surface area contributed by atoms with Crippen molar-refractivity contribution in [3.8, 4) is 0 Å². The fourth-order valence-corrected chi connectivity index (χ4v) is 4.28. The van der Waals surface area contributed by atoms with Gasteiger partial charge < -0.3 is 9.33 Å². The molecule has 0 saturated carbocycles. The molecular weight excluding hydrogens is 274 g/mol. The summed E-state index contributed by atoms with van der Waals surface area (Å²) in [5, 5.41) is 0. The Kier molecular flexibility index (Phi) is 6.46. The van der Waals surface area contributed by atoms with Gasteiger partial charge in [-0.3, -0.25) is 0 Å². The van der Waals surface area contributed by atoms with E-state index in [0.717, 1.165) is 19.4 Å². The summed E-state index contributed by atoms with van der Waals surface area (Å²) in [7, 11) is -1.47. The summed E-state index contributed by atoms with van der Waals surface area (Å²) in [6.07, 6.45) is 6.79. The summed E-state index contributed by atoms with van der Waals surface area (Å²) in [6, 6.07) is 10.8. The Balaban J connectivity index is 1.88. The topological polar surface area (TPSA) is 12.5 Å². The maximum absolute atomic E-state index is 6.46. The molecule has 2 rings (SSSR count). The first-order valence-electron chi connectivity index (χ1n) is 8.47. The van der Waals surface area contributed by atoms with Crippen molar-refractivity contribution in [2.24, 2.45) is 0 Å². The van der Waals surface area contributed by atoms with Gasteiger partial charge in [0.05, 0.1) is 6.10 Å². The van der Waals surface area contributed by atoms with Crippen LogP contribution in [0.25, 0.3) is 0 Å². The largest absolute Gasteiger partial charge is 0.413 e. The molecule has 1 saturated heterocycles. The number of hydrogen-bond donors (Lipinski definition) is 0. The second kappa shape index (κ2) is 8.11. The van der Waals surface area contributed by atoms with Crippen molar-refractivity contribution in [2.75, 3.05) is 19.6 Å². The van der Waals surface area contributed by atoms with Crippen LogP contribution in [-0.2, 0) is 10.8 Å². The minimum atomic E-state index is -1.47. The fourth-order valence-electron chi connectivity index (χ4n) is 3.09. The van der Waals surface area contributed by atoms with E-state index in [4.69, 9.17) is 4.43 Å². The second-order valence-corrected chi connectivity index (χ2v) is 11.7. The quantitative estimate of drug-likeness (QED) is 0.695. The van der Waals surface area contributed by atoms with Crippen molar-refractivity contribution in [1.82, 2.24) is 4.90 Å². The van der Waals surface area contributed by atoms with Crippen molar-refractivity contribution < 1.29 is 4.43 Å². The highest BCUT2D eigenvalue weighted by molar-refractivity contribution is 6.69. The van der Waals surface area contributed by atoms with Crippen LogP contribution in [-0.4, -0.2) is 39.0 Å². The maximum Gasteiger partial charge on any atom is 0.184 e. The zero-order chi connectivity index (χ0) is 15.1. The van der Waals surface area contributed by atoms with Crippen LogP contribution < -0.4 is 0 Å². The molecular formula is C18H31NOSi. The molecule has 0 radical (unpaired) electrons. The van der Waals surface area contributed by atoms with Crippen molar-refractivity contribution in [3.05, 3.63) is 35.9 Å². The van der Waals surface area contributed by atoms with E-state index in [2.05, 4.69) is 54.9 Å². The van der Waals surface area contributed by atoms with Gasteiger partial charge in [0.25, 0.3) is 0 Å². The van der Waals surface area contributed by atoms with Crippen molar-refractivity contribution in [1.29, 1.82) is 0 Å². The molecule has 0 N–H and O–H groups in total. The molecule has 0 amide bonds. The average Bonchev–Trinajstić information content (AvgIpc) is 2.45. The minimum absolute atomic E-state index is 0.398. The normalized spacial score (nSPS) is 18.6. The summed E-state index contributed by atoms with van der Waals surface area (Å²) in [4.78, 5) is 2.61. The molecule has 0 aromatic heterocycles. The van der Waals surface area contributed by atoms with Crippen molar-refractivity contribution in [2.45, 2.75) is 57.8 Å². The van der Waals surface area contributed by atoms with E-state index < -0.39 is 8.32 Å². The van der Waals surface area contributed by atoms with E-state index in [1.54, 1.807) is 0 Å². The van der Waals surface area contributed by atoms with Crippen molar-refractivity contribution in [3.63, 3.8) is 0 Å². The Hall–Kier alpha value is -0.643. The first-order valence-corrected chi connectivity index (χ1v) is 11.9. The number of benzene rings is 1. The number of piperidine rings is 1. The summed E-state index contributed by atoms with van der Waals surface area (Å²) in [5.74, 6) is 0. The monoisotopic (exact) mass is 305 g/mol. The minimum Gasteiger partial charge on any atom is -0.413 e. The molecule has 0 bridgehead atoms. The highest BCUT2D eigenvalue weighted by Crippen LogP contribution is 2.17. The molecule has 3 heteroatoms. The Morgan fingerprint density at radius 3 is 2.33 bits per heavy atom. The molecule has 0 aliphatic carbocycles. The molecule has 118 valence electrons. The van der Waals surface area contributed by atoms with Gasteiger partial charge in [0.15, 0.2) is 8.32 Å². The summed E-state index contributed by atoms with van der Waals surface area (Å²) < 4.78 is 6.46. The van der Waals surface area contributed by atoms with Crippen LogP contribution >= 0.6 is 0 Å². The van der Waals surface area contributed by atoms with Gasteiger partial charge in [-0.1, -0.05) is 36.8 Å². The SMILES string of the molecule is C[Si](C)(C)OC(CCc1ccccc1)CN1CCCCC1. The van der Waals surface area contributed by atoms with Crippen LogP contribution in [0.3, 0.4) is 0 Å². The smallest absolute Gasteiger partial charge is 0.184 e. The Bertz CT molecular complexity index is 395. The third-order valence-corrected chi connectivity index (χ3v) is 5.07. The fraction of sp³-hybridized carbons (Fsp3) is 0.667. The number of likely N-dealkylation sites (tertiary alicyclic amines) is 1. The molecule has 1 heterocycles. The lowest BCUT2D eigenvalue weighted by molar-refractivity contribution is 0.108. The number of hydrogen-bond acceptors (Lipinski definition) is 2. The summed E-state index contributed by atoms with van der Waals surface area (Å²) >= 11 is 0. The Morgan fingerprint density at radius 2 is 1.71 bits per heavy atom. The van der Waals surface area contributed by atoms with Crippen LogP contribution in [0.15, 0.2) is 30.3 Å². The zero-order valence-electron chi connectivity index (χ0n) is 14.0. The third kappa shape index (κ3) is 6.77. The van der Waals surface area contributed by atoms with E-state index in [9.17, 15) is 0 Å². The lowest BCUT2D eigenvalue weighted by Gasteiger charge is -2.33. The van der Waals surface area contributed by atoms with Crippen molar-refractivity contribution >= 4 is 8.32 Å². The van der Waals surface area contributed by atoms with Crippen LogP contribution in [0.4, 0.5) is 0 Å². The summed E-state index contributed by atoms with van der Waals surface area (Å²) in [5.41, 5.74) is 1.43. The summed E-state index contributed by atoms with van der Waals surface area (Å²) in [6.45, 7) is 10.6. The van der Waals surface area contributed by atoms with E-state index in [1.165, 1.54) is 37.9 Å². The van der Waals surface area contributed by atoms with E-state index in [-0.39, 0.29) is 0 Å². The third-order valence-electron chi connectivity index (χ3n) is 4.03. The maximum atomic E-state index is 6.46. The predicted molar refractivity (Wildman–Crippen MR) is 93.3 cm³/mol. The van der Waals surface area contributed by atoms with Crippen LogP contribution in [0.1, 0.15) is 31.2 Å². The van der Waals surface area contributed by atoms with Gasteiger partial charge in [-0.05, 0) is 64.0 Å². The van der Waals surface area contributed by atoms with Gasteiger partial charge >= 0.3 is 0 Å². The average molecular weight is 306 g/mol. The van der Waals surface area contributed by atoms with Gasteiger partial charge in [-0.15, -0.1) is 0 Å². The molecule has 1 atom stereocenters. The van der Waals surface area contributed by atoms with E-state index in [1.807, 2.05) is 0 Å². The molecule has 21 heavy (non-hydrogen) atoms. The zero-order valence-corrected chi connectivity index (χ0v) is 15.0. The predicted octanol–water partition coefficient (Wildman–Crippen LogP) is 4.33. The van der Waals surface area contributed by atoms with Gasteiger partial charge in [0, 0.05) is 6.54 Å². The lowest BCUT2D eigenvalue weighted by atomic mass is 10.1. The number of aryl methyl sites for hydroxylation is 1. The lowest BCUT2D eigenvalue weighted by Crippen LogP contribution is -2.42. The molecule has 1 unspecified atom stereocenters. The van der Waals surface area contributed by atoms with Gasteiger partial charge in [0.1, 0.15) is 0 Å². The first kappa shape index (κ1) is 16.7. The molecule has 2 nitrogen and oxygen atoms in total. The highest BCUT2D eigenvalue weighted by Gasteiger charge is 2.23. The number of rotatable bonds is 7. The molecule has 1 aliphatic rings. The van der Waals surface area contributed by atoms with E-state index >= 15 is 0 Å². The first-order chi connectivity index (χ1) is 10.0. The van der Waals surface area contributed by atoms with Crippen LogP contribution in [0.5, 0.6) is 0 Å². The Morgan fingerprint density at radius 1 is 1.05 bits per heavy atom. The van der Waals surface area contributed by atoms with Gasteiger partial charge in [-0.25, -0.2) is 0 Å². The van der Waals surface area contributed by atoms with Crippen LogP contribution in [0.2, 0.25) is 19.6 Å². The highest BCUT2D eigenvalue weighted by atomic mass is 28.4. The molecule has 0 spiro atoms. The standard InChI is InChI=1S/C18H31NOSi/c1-21(2,3)20-18(16-19-14-8-5-9-15-19)13-12-17-10-6-4-7-11-17/h4,6-7,10-11,18H,5,8-9,12-16H2,1-3H3. The second-order valence-electron chi connectivity index (χ2n) is 7.24. The molecule has 1 fully saturated rings. The molecule has 1 aliphatic heterocycles. The molecule has 1 aromatic carbocycles. The number of nitrogens with zero attached hydrogens (tertiary/aromatic N) is 1.